The van der Waals surface area contributed by atoms with E-state index >= 15 is 0 Å². The Morgan fingerprint density at radius 1 is 1.06 bits per heavy atom. The summed E-state index contributed by atoms with van der Waals surface area (Å²) in [5.41, 5.74) is 2.93. The summed E-state index contributed by atoms with van der Waals surface area (Å²) in [5.74, 6) is 0.606. The van der Waals surface area contributed by atoms with Gasteiger partial charge in [0.05, 0.1) is 6.10 Å². The fourth-order valence-electron chi connectivity index (χ4n) is 5.45. The maximum Gasteiger partial charge on any atom is 0.270 e. The van der Waals surface area contributed by atoms with Crippen LogP contribution >= 0.6 is 0 Å². The second kappa shape index (κ2) is 11.3. The second-order valence-electron chi connectivity index (χ2n) is 10.3. The van der Waals surface area contributed by atoms with Crippen LogP contribution in [-0.2, 0) is 17.8 Å². The third-order valence-corrected chi connectivity index (χ3v) is 7.58. The number of likely N-dealkylation sites (tertiary alicyclic amines) is 1. The van der Waals surface area contributed by atoms with Crippen LogP contribution in [0.3, 0.4) is 0 Å². The number of hydrogen-bond donors (Lipinski definition) is 3. The Hall–Kier alpha value is -3.04. The third-order valence-electron chi connectivity index (χ3n) is 7.58. The van der Waals surface area contributed by atoms with Gasteiger partial charge in [-0.25, -0.2) is 9.97 Å². The number of aliphatic hydroxyl groups is 1. The van der Waals surface area contributed by atoms with Gasteiger partial charge in [0.2, 0.25) is 5.91 Å². The van der Waals surface area contributed by atoms with Crippen LogP contribution < -0.4 is 10.6 Å². The lowest BCUT2D eigenvalue weighted by atomic mass is 9.79. The van der Waals surface area contributed by atoms with E-state index in [4.69, 9.17) is 0 Å². The number of rotatable bonds is 8. The Labute approximate surface area is 212 Å². The Bertz CT molecular complexity index is 1070. The van der Waals surface area contributed by atoms with E-state index < -0.39 is 6.10 Å². The van der Waals surface area contributed by atoms with Crippen molar-refractivity contribution in [3.05, 3.63) is 53.5 Å². The average Bonchev–Trinajstić information content (AvgIpc) is 2.89. The molecule has 9 heteroatoms. The van der Waals surface area contributed by atoms with Crippen molar-refractivity contribution in [2.24, 2.45) is 5.92 Å². The normalized spacial score (nSPS) is 22.8. The maximum absolute atomic E-state index is 12.6. The van der Waals surface area contributed by atoms with Gasteiger partial charge in [-0.05, 0) is 49.7 Å². The van der Waals surface area contributed by atoms with Crippen LogP contribution in [0.4, 0.5) is 5.82 Å². The number of nitrogens with one attached hydrogen (secondary N) is 2. The Morgan fingerprint density at radius 2 is 1.83 bits per heavy atom. The Kier molecular flexibility index (Phi) is 7.77. The number of piperidine rings is 1. The molecule has 3 heterocycles. The van der Waals surface area contributed by atoms with Crippen molar-refractivity contribution in [1.82, 2.24) is 25.1 Å². The third kappa shape index (κ3) is 6.02. The van der Waals surface area contributed by atoms with Gasteiger partial charge in [-0.15, -0.1) is 0 Å². The minimum absolute atomic E-state index is 0.0834. The van der Waals surface area contributed by atoms with Gasteiger partial charge in [0, 0.05) is 57.3 Å². The highest BCUT2D eigenvalue weighted by atomic mass is 16.3. The number of hydrogen-bond acceptors (Lipinski definition) is 7. The number of aromatic nitrogens is 2. The number of aliphatic hydroxyl groups excluding tert-OH is 1. The summed E-state index contributed by atoms with van der Waals surface area (Å²) in [7, 11) is 0. The van der Waals surface area contributed by atoms with Crippen molar-refractivity contribution in [3.8, 4) is 0 Å². The van der Waals surface area contributed by atoms with E-state index in [-0.39, 0.29) is 36.0 Å². The first-order valence-electron chi connectivity index (χ1n) is 13.2. The van der Waals surface area contributed by atoms with Crippen LogP contribution in [0.2, 0.25) is 0 Å². The van der Waals surface area contributed by atoms with E-state index in [2.05, 4.69) is 43.7 Å². The molecule has 1 saturated carbocycles. The summed E-state index contributed by atoms with van der Waals surface area (Å²) < 4.78 is 0. The first kappa shape index (κ1) is 24.6. The quantitative estimate of drug-likeness (QED) is 0.516. The highest BCUT2D eigenvalue weighted by Gasteiger charge is 2.37. The van der Waals surface area contributed by atoms with E-state index in [9.17, 15) is 14.7 Å². The predicted octanol–water partition coefficient (Wildman–Crippen LogP) is 1.83. The van der Waals surface area contributed by atoms with Crippen molar-refractivity contribution in [3.63, 3.8) is 0 Å². The smallest absolute Gasteiger partial charge is 0.270 e. The fourth-order valence-corrected chi connectivity index (χ4v) is 5.45. The molecule has 1 aromatic carbocycles. The number of carbonyl (C=O) groups excluding carboxylic acids is 2. The van der Waals surface area contributed by atoms with Crippen LogP contribution in [0.15, 0.2) is 36.7 Å². The van der Waals surface area contributed by atoms with Gasteiger partial charge in [0.1, 0.15) is 17.8 Å². The lowest BCUT2D eigenvalue weighted by Crippen LogP contribution is -2.47. The van der Waals surface area contributed by atoms with Gasteiger partial charge in [0.15, 0.2) is 0 Å². The zero-order valence-electron chi connectivity index (χ0n) is 20.7. The van der Waals surface area contributed by atoms with Gasteiger partial charge < -0.3 is 20.6 Å². The molecule has 2 fully saturated rings. The number of carbonyl (C=O) groups is 2. The standard InChI is InChI=1S/C27H36N6O3/c34-23(17-32-11-8-19-6-2-3-7-20(19)16-32)15-28-26(35)24-14-25(30-18-29-24)31-22-12-21(13-22)27(36)33-9-4-1-5-10-33/h2-3,6-7,14,18,21-23,34H,1,4-5,8-13,15-17H2,(H,28,35)(H,29,30,31)/t21-,22+,23-/m0/s1. The summed E-state index contributed by atoms with van der Waals surface area (Å²) >= 11 is 0. The summed E-state index contributed by atoms with van der Waals surface area (Å²) in [4.78, 5) is 37.8. The molecule has 3 aliphatic rings. The van der Waals surface area contributed by atoms with Crippen molar-refractivity contribution in [1.29, 1.82) is 0 Å². The van der Waals surface area contributed by atoms with Gasteiger partial charge >= 0.3 is 0 Å². The van der Waals surface area contributed by atoms with E-state index in [0.717, 1.165) is 58.3 Å². The molecular weight excluding hydrogens is 456 g/mol. The van der Waals surface area contributed by atoms with Crippen LogP contribution in [0.25, 0.3) is 0 Å². The van der Waals surface area contributed by atoms with Crippen molar-refractivity contribution in [2.75, 3.05) is 38.0 Å². The minimum Gasteiger partial charge on any atom is -0.390 e. The molecule has 1 saturated heterocycles. The molecule has 2 amide bonds. The largest absolute Gasteiger partial charge is 0.390 e. The van der Waals surface area contributed by atoms with Crippen LogP contribution in [-0.4, -0.2) is 81.6 Å². The lowest BCUT2D eigenvalue weighted by molar-refractivity contribution is -0.139. The van der Waals surface area contributed by atoms with E-state index in [1.54, 1.807) is 6.07 Å². The van der Waals surface area contributed by atoms with Crippen LogP contribution in [0.5, 0.6) is 0 Å². The molecule has 192 valence electrons. The molecule has 3 N–H and O–H groups in total. The Balaban J connectivity index is 1.05. The van der Waals surface area contributed by atoms with Gasteiger partial charge in [-0.2, -0.15) is 0 Å². The van der Waals surface area contributed by atoms with Gasteiger partial charge in [-0.1, -0.05) is 24.3 Å². The molecule has 2 aliphatic heterocycles. The SMILES string of the molecule is O=C(NC[C@H](O)CN1CCc2ccccc2C1)c1cc(N[C@H]2C[C@@H](C(=O)N3CCCCC3)C2)ncn1. The molecule has 1 aromatic heterocycles. The highest BCUT2D eigenvalue weighted by molar-refractivity contribution is 5.92. The van der Waals surface area contributed by atoms with Crippen LogP contribution in [0, 0.1) is 5.92 Å². The maximum atomic E-state index is 12.6. The Morgan fingerprint density at radius 3 is 2.64 bits per heavy atom. The molecule has 5 rings (SSSR count). The summed E-state index contributed by atoms with van der Waals surface area (Å²) in [5, 5.41) is 16.6. The summed E-state index contributed by atoms with van der Waals surface area (Å²) in [6, 6.07) is 10.2. The average molecular weight is 493 g/mol. The van der Waals surface area contributed by atoms with Crippen molar-refractivity contribution >= 4 is 17.6 Å². The van der Waals surface area contributed by atoms with Crippen molar-refractivity contribution in [2.45, 2.75) is 57.2 Å². The number of anilines is 1. The first-order valence-corrected chi connectivity index (χ1v) is 13.2. The van der Waals surface area contributed by atoms with Gasteiger partial charge in [0.25, 0.3) is 5.91 Å². The van der Waals surface area contributed by atoms with Crippen LogP contribution in [0.1, 0.15) is 53.7 Å². The van der Waals surface area contributed by atoms with E-state index in [1.807, 2.05) is 11.0 Å². The molecular formula is C27H36N6O3. The fraction of sp³-hybridized carbons (Fsp3) is 0.556. The number of nitrogens with zero attached hydrogens (tertiary/aromatic N) is 4. The topological polar surface area (TPSA) is 111 Å². The van der Waals surface area contributed by atoms with Crippen molar-refractivity contribution < 1.29 is 14.7 Å². The summed E-state index contributed by atoms with van der Waals surface area (Å²) in [6.07, 6.45) is 6.68. The zero-order chi connectivity index (χ0) is 24.9. The molecule has 1 aliphatic carbocycles. The molecule has 0 bridgehead atoms. The first-order chi connectivity index (χ1) is 17.5. The number of β-amino-alcohol motifs (C(OH)–C–C–N with tert-alkyl or cyclic N) is 1. The molecule has 0 spiro atoms. The highest BCUT2D eigenvalue weighted by Crippen LogP contribution is 2.32. The predicted molar refractivity (Wildman–Crippen MR) is 136 cm³/mol. The lowest BCUT2D eigenvalue weighted by Gasteiger charge is -2.39. The summed E-state index contributed by atoms with van der Waals surface area (Å²) in [6.45, 7) is 4.15. The van der Waals surface area contributed by atoms with Gasteiger partial charge in [-0.3, -0.25) is 14.5 Å². The molecule has 36 heavy (non-hydrogen) atoms. The monoisotopic (exact) mass is 492 g/mol. The molecule has 1 atom stereocenters. The number of fused-ring (bicyclic) bond motifs is 1. The minimum atomic E-state index is -0.664. The molecule has 0 unspecified atom stereocenters. The molecule has 0 radical (unpaired) electrons. The molecule has 9 nitrogen and oxygen atoms in total. The number of amides is 2. The molecule has 2 aromatic rings. The van der Waals surface area contributed by atoms with E-state index in [1.165, 1.54) is 23.9 Å². The second-order valence-corrected chi connectivity index (χ2v) is 10.3. The van der Waals surface area contributed by atoms with E-state index in [0.29, 0.717) is 12.4 Å². The number of benzene rings is 1. The zero-order valence-corrected chi connectivity index (χ0v) is 20.7.